The van der Waals surface area contributed by atoms with Crippen LogP contribution in [-0.4, -0.2) is 66.8 Å². The standard InChI is InChI=1S/C32H50O6/c1-4-25(33)23-12-11-21-15-20-16-24-22(19-9-7-18(8-10-19)6-5-17(2)3)13-14-26(34)28(24)29(35)27(20)31(37)32(21,38)30(23)36/h7,9,12-14,17-22,24-31,33-38H,4-6,8,10-11,15-16H2,1-3H3/t18?,19?,20-,21-,22?,24?,25?,26?,27?,28?,29?,30?,31?,32-/m1/s1. The molecule has 5 aliphatic carbocycles. The summed E-state index contributed by atoms with van der Waals surface area (Å²) in [5.74, 6) is 0.690. The summed E-state index contributed by atoms with van der Waals surface area (Å²) in [5.41, 5.74) is -1.45. The van der Waals surface area contributed by atoms with Crippen LogP contribution in [-0.2, 0) is 0 Å². The molecular formula is C32H50O6. The van der Waals surface area contributed by atoms with Crippen LogP contribution >= 0.6 is 0 Å². The number of hydrogen-bond donors (Lipinski definition) is 6. The summed E-state index contributed by atoms with van der Waals surface area (Å²) in [4.78, 5) is 0. The highest BCUT2D eigenvalue weighted by Crippen LogP contribution is 2.58. The molecule has 6 nitrogen and oxygen atoms in total. The van der Waals surface area contributed by atoms with Gasteiger partial charge in [-0.15, -0.1) is 0 Å². The van der Waals surface area contributed by atoms with E-state index >= 15 is 0 Å². The van der Waals surface area contributed by atoms with E-state index in [9.17, 15) is 30.6 Å². The zero-order chi connectivity index (χ0) is 27.4. The van der Waals surface area contributed by atoms with Crippen molar-refractivity contribution < 1.29 is 30.6 Å². The highest BCUT2D eigenvalue weighted by atomic mass is 16.4. The molecule has 6 N–H and O–H groups in total. The fourth-order valence-electron chi connectivity index (χ4n) is 8.99. The van der Waals surface area contributed by atoms with Crippen molar-refractivity contribution in [1.29, 1.82) is 0 Å². The van der Waals surface area contributed by atoms with Crippen molar-refractivity contribution >= 4 is 0 Å². The Morgan fingerprint density at radius 1 is 0.974 bits per heavy atom. The third-order valence-corrected chi connectivity index (χ3v) is 11.2. The first-order valence-electron chi connectivity index (χ1n) is 15.3. The van der Waals surface area contributed by atoms with Gasteiger partial charge in [0.1, 0.15) is 11.7 Å². The molecule has 0 saturated heterocycles. The van der Waals surface area contributed by atoms with Gasteiger partial charge < -0.3 is 30.6 Å². The summed E-state index contributed by atoms with van der Waals surface area (Å²) >= 11 is 0. The molecule has 0 amide bonds. The minimum absolute atomic E-state index is 0.00247. The number of fused-ring (bicyclic) bond motifs is 3. The Balaban J connectivity index is 1.37. The lowest BCUT2D eigenvalue weighted by molar-refractivity contribution is -0.254. The zero-order valence-corrected chi connectivity index (χ0v) is 23.3. The molecule has 11 unspecified atom stereocenters. The first-order chi connectivity index (χ1) is 18.1. The molecule has 0 radical (unpaired) electrons. The maximum atomic E-state index is 11.8. The average Bonchev–Trinajstić information content (AvgIpc) is 2.89. The minimum atomic E-state index is -1.82. The SMILES string of the molecule is CCC(O)C1=CC[C@@H]2C[C@@H]3CC4C(C5C=CC(CCC(C)C)CC5)C=CC(O)C4C(O)C3C(O)[C@]2(O)C1O. The number of allylic oxidation sites excluding steroid dienone is 4. The normalized spacial score (nSPS) is 49.2. The van der Waals surface area contributed by atoms with Gasteiger partial charge in [-0.2, -0.15) is 0 Å². The molecule has 5 aliphatic rings. The van der Waals surface area contributed by atoms with Crippen molar-refractivity contribution in [1.82, 2.24) is 0 Å². The smallest absolute Gasteiger partial charge is 0.124 e. The first-order valence-corrected chi connectivity index (χ1v) is 15.3. The number of aliphatic hydroxyl groups is 6. The number of rotatable bonds is 6. The third-order valence-electron chi connectivity index (χ3n) is 11.2. The Bertz CT molecular complexity index is 927. The Morgan fingerprint density at radius 2 is 1.74 bits per heavy atom. The average molecular weight is 531 g/mol. The highest BCUT2D eigenvalue weighted by molar-refractivity contribution is 5.28. The number of hydrogen-bond acceptors (Lipinski definition) is 6. The van der Waals surface area contributed by atoms with Crippen molar-refractivity contribution in [3.63, 3.8) is 0 Å². The molecule has 0 bridgehead atoms. The molecule has 38 heavy (non-hydrogen) atoms. The lowest BCUT2D eigenvalue weighted by Crippen LogP contribution is -2.70. The second-order valence-electron chi connectivity index (χ2n) is 13.6. The van der Waals surface area contributed by atoms with E-state index in [2.05, 4.69) is 32.1 Å². The molecule has 0 aliphatic heterocycles. The summed E-state index contributed by atoms with van der Waals surface area (Å²) in [6, 6.07) is 0. The minimum Gasteiger partial charge on any atom is -0.392 e. The lowest BCUT2D eigenvalue weighted by Gasteiger charge is -2.60. The topological polar surface area (TPSA) is 121 Å². The Hall–Kier alpha value is -1.02. The monoisotopic (exact) mass is 530 g/mol. The second-order valence-corrected chi connectivity index (χ2v) is 13.6. The van der Waals surface area contributed by atoms with E-state index in [-0.39, 0.29) is 23.7 Å². The molecule has 0 aromatic heterocycles. The van der Waals surface area contributed by atoms with Crippen molar-refractivity contribution in [3.05, 3.63) is 36.0 Å². The predicted octanol–water partition coefficient (Wildman–Crippen LogP) is 3.36. The van der Waals surface area contributed by atoms with Gasteiger partial charge in [0.05, 0.1) is 24.4 Å². The molecule has 5 rings (SSSR count). The molecule has 0 aromatic carbocycles. The van der Waals surface area contributed by atoms with Gasteiger partial charge in [-0.3, -0.25) is 0 Å². The van der Waals surface area contributed by atoms with E-state index in [4.69, 9.17) is 0 Å². The van der Waals surface area contributed by atoms with Crippen molar-refractivity contribution in [2.24, 2.45) is 53.3 Å². The Morgan fingerprint density at radius 3 is 2.39 bits per heavy atom. The van der Waals surface area contributed by atoms with Crippen molar-refractivity contribution in [2.75, 3.05) is 0 Å². The van der Waals surface area contributed by atoms with E-state index in [1.165, 1.54) is 19.3 Å². The second kappa shape index (κ2) is 11.1. The summed E-state index contributed by atoms with van der Waals surface area (Å²) in [6.45, 7) is 6.36. The van der Waals surface area contributed by atoms with E-state index in [1.54, 1.807) is 0 Å². The molecular weight excluding hydrogens is 480 g/mol. The van der Waals surface area contributed by atoms with Crippen LogP contribution in [0.5, 0.6) is 0 Å². The van der Waals surface area contributed by atoms with Gasteiger partial charge in [0.2, 0.25) is 0 Å². The van der Waals surface area contributed by atoms with Crippen LogP contribution in [0.3, 0.4) is 0 Å². The number of aliphatic hydroxyl groups excluding tert-OH is 5. The maximum Gasteiger partial charge on any atom is 0.124 e. The van der Waals surface area contributed by atoms with Gasteiger partial charge in [-0.05, 0) is 91.9 Å². The quantitative estimate of drug-likeness (QED) is 0.293. The molecule has 14 atom stereocenters. The Labute approximate surface area is 228 Å². The van der Waals surface area contributed by atoms with Gasteiger partial charge in [-0.25, -0.2) is 0 Å². The van der Waals surface area contributed by atoms with Gasteiger partial charge in [0.15, 0.2) is 0 Å². The van der Waals surface area contributed by atoms with E-state index < -0.39 is 48.0 Å². The molecule has 214 valence electrons. The van der Waals surface area contributed by atoms with Crippen LogP contribution in [0.2, 0.25) is 0 Å². The molecule has 2 fully saturated rings. The summed E-state index contributed by atoms with van der Waals surface area (Å²) in [6.07, 6.45) is 12.3. The maximum absolute atomic E-state index is 11.8. The molecule has 6 heteroatoms. The summed E-state index contributed by atoms with van der Waals surface area (Å²) in [5, 5.41) is 67.7. The van der Waals surface area contributed by atoms with Crippen LogP contribution in [0.25, 0.3) is 0 Å². The summed E-state index contributed by atoms with van der Waals surface area (Å²) < 4.78 is 0. The fraction of sp³-hybridized carbons (Fsp3) is 0.812. The van der Waals surface area contributed by atoms with E-state index in [0.717, 1.165) is 12.8 Å². The van der Waals surface area contributed by atoms with E-state index in [1.807, 2.05) is 19.1 Å². The van der Waals surface area contributed by atoms with E-state index in [0.29, 0.717) is 42.6 Å². The van der Waals surface area contributed by atoms with Gasteiger partial charge in [0, 0.05) is 11.8 Å². The predicted molar refractivity (Wildman–Crippen MR) is 147 cm³/mol. The highest BCUT2D eigenvalue weighted by Gasteiger charge is 2.64. The van der Waals surface area contributed by atoms with Crippen LogP contribution < -0.4 is 0 Å². The van der Waals surface area contributed by atoms with Gasteiger partial charge >= 0.3 is 0 Å². The fourth-order valence-corrected chi connectivity index (χ4v) is 8.99. The van der Waals surface area contributed by atoms with Crippen LogP contribution in [0, 0.1) is 53.3 Å². The third kappa shape index (κ3) is 4.77. The van der Waals surface area contributed by atoms with Crippen LogP contribution in [0.1, 0.15) is 72.1 Å². The molecule has 0 heterocycles. The summed E-state index contributed by atoms with van der Waals surface area (Å²) in [7, 11) is 0. The van der Waals surface area contributed by atoms with Crippen molar-refractivity contribution in [3.8, 4) is 0 Å². The zero-order valence-electron chi connectivity index (χ0n) is 23.3. The van der Waals surface area contributed by atoms with Gasteiger partial charge in [0.25, 0.3) is 0 Å². The molecule has 0 spiro atoms. The molecule has 0 aromatic rings. The molecule has 2 saturated carbocycles. The van der Waals surface area contributed by atoms with Crippen LogP contribution in [0.15, 0.2) is 36.0 Å². The van der Waals surface area contributed by atoms with Gasteiger partial charge in [-0.1, -0.05) is 57.6 Å². The van der Waals surface area contributed by atoms with Crippen LogP contribution in [0.4, 0.5) is 0 Å². The van der Waals surface area contributed by atoms with Crippen molar-refractivity contribution in [2.45, 2.75) is 108 Å². The Kier molecular flexibility index (Phi) is 8.33. The lowest BCUT2D eigenvalue weighted by atomic mass is 9.49. The first kappa shape index (κ1) is 28.5. The largest absolute Gasteiger partial charge is 0.392 e.